The van der Waals surface area contributed by atoms with Gasteiger partial charge in [0.05, 0.1) is 25.7 Å². The van der Waals surface area contributed by atoms with Gasteiger partial charge in [0.25, 0.3) is 0 Å². The molecule has 3 unspecified atom stereocenters. The summed E-state index contributed by atoms with van der Waals surface area (Å²) in [5.41, 5.74) is -0.130. The van der Waals surface area contributed by atoms with E-state index >= 15 is 0 Å². The molecule has 0 radical (unpaired) electrons. The van der Waals surface area contributed by atoms with Crippen LogP contribution in [0.4, 0.5) is 0 Å². The first kappa shape index (κ1) is 26.0. The van der Waals surface area contributed by atoms with E-state index in [1.54, 1.807) is 14.2 Å². The monoisotopic (exact) mass is 464 g/mol. The molecule has 0 amide bonds. The first-order valence-corrected chi connectivity index (χ1v) is 11.9. The van der Waals surface area contributed by atoms with Gasteiger partial charge >= 0.3 is 0 Å². The number of aliphatic hydroxyl groups is 1. The van der Waals surface area contributed by atoms with E-state index < -0.39 is 27.8 Å². The topological polar surface area (TPSA) is 55.8 Å². The zero-order valence-corrected chi connectivity index (χ0v) is 22.2. The van der Waals surface area contributed by atoms with Crippen LogP contribution >= 0.6 is 0 Å². The van der Waals surface area contributed by atoms with E-state index in [2.05, 4.69) is 6.92 Å². The second kappa shape index (κ2) is 8.88. The third kappa shape index (κ3) is 4.53. The fourth-order valence-corrected chi connectivity index (χ4v) is 5.19. The lowest BCUT2D eigenvalue weighted by Gasteiger charge is -2.55. The number of carbonyl (C=O) groups is 1. The van der Waals surface area contributed by atoms with Crippen LogP contribution < -0.4 is 9.47 Å². The Morgan fingerprint density at radius 2 is 1.35 bits per heavy atom. The fraction of sp³-hybridized carbons (Fsp3) is 0.500. The summed E-state index contributed by atoms with van der Waals surface area (Å²) in [7, 11) is 3.29. The molecular weight excluding hydrogens is 424 g/mol. The highest BCUT2D eigenvalue weighted by atomic mass is 16.5. The van der Waals surface area contributed by atoms with Crippen molar-refractivity contribution in [2.75, 3.05) is 14.2 Å². The van der Waals surface area contributed by atoms with Gasteiger partial charge in [0, 0.05) is 10.8 Å². The average molecular weight is 465 g/mol. The maximum absolute atomic E-state index is 14.1. The van der Waals surface area contributed by atoms with Crippen LogP contribution in [0, 0.1) is 16.7 Å². The first-order chi connectivity index (χ1) is 15.7. The molecule has 4 heteroatoms. The second-order valence-electron chi connectivity index (χ2n) is 11.8. The first-order valence-electron chi connectivity index (χ1n) is 11.9. The molecule has 0 bridgehead atoms. The molecule has 0 fully saturated rings. The zero-order chi connectivity index (χ0) is 25.5. The number of ketones is 1. The Morgan fingerprint density at radius 3 is 1.76 bits per heavy atom. The van der Waals surface area contributed by atoms with Gasteiger partial charge in [-0.2, -0.15) is 0 Å². The molecule has 2 aromatic rings. The molecule has 0 saturated carbocycles. The third-order valence-corrected chi connectivity index (χ3v) is 7.44. The summed E-state index contributed by atoms with van der Waals surface area (Å²) in [6.07, 6.45) is 2.57. The lowest BCUT2D eigenvalue weighted by Crippen LogP contribution is -2.62. The van der Waals surface area contributed by atoms with Crippen LogP contribution in [-0.2, 0) is 10.2 Å². The van der Waals surface area contributed by atoms with Gasteiger partial charge in [0.2, 0.25) is 0 Å². The van der Waals surface area contributed by atoms with Crippen molar-refractivity contribution < 1.29 is 19.4 Å². The van der Waals surface area contributed by atoms with Crippen LogP contribution in [0.1, 0.15) is 66.0 Å². The van der Waals surface area contributed by atoms with Crippen molar-refractivity contribution in [3.05, 3.63) is 65.7 Å². The Hall–Kier alpha value is -2.59. The summed E-state index contributed by atoms with van der Waals surface area (Å²) in [5.74, 6) is 0.979. The SMILES string of the molecule is COc1ccc(C2=CC(O)(C(C)(C)C)C(C(=O)C(C)(C)C)C(C)(c3ccc(OC)cc3)C2)cc1. The molecule has 3 atom stereocenters. The minimum atomic E-state index is -1.36. The molecule has 0 aliphatic heterocycles. The lowest BCUT2D eigenvalue weighted by atomic mass is 9.50. The number of benzene rings is 2. The van der Waals surface area contributed by atoms with Crippen LogP contribution in [0.5, 0.6) is 11.5 Å². The predicted octanol–water partition coefficient (Wildman–Crippen LogP) is 6.46. The Morgan fingerprint density at radius 1 is 0.882 bits per heavy atom. The smallest absolute Gasteiger partial charge is 0.145 e. The summed E-state index contributed by atoms with van der Waals surface area (Å²) < 4.78 is 10.7. The molecule has 0 spiro atoms. The number of hydrogen-bond acceptors (Lipinski definition) is 4. The van der Waals surface area contributed by atoms with Crippen molar-refractivity contribution >= 4 is 11.4 Å². The predicted molar refractivity (Wildman–Crippen MR) is 138 cm³/mol. The molecular formula is C30H40O4. The van der Waals surface area contributed by atoms with Crippen LogP contribution in [0.15, 0.2) is 54.6 Å². The zero-order valence-electron chi connectivity index (χ0n) is 22.2. The summed E-state index contributed by atoms with van der Waals surface area (Å²) in [6.45, 7) is 14.0. The quantitative estimate of drug-likeness (QED) is 0.552. The molecule has 0 saturated heterocycles. The van der Waals surface area contributed by atoms with Gasteiger partial charge < -0.3 is 14.6 Å². The molecule has 1 N–H and O–H groups in total. The number of carbonyl (C=O) groups excluding carboxylic acids is 1. The molecule has 184 valence electrons. The van der Waals surface area contributed by atoms with E-state index in [0.717, 1.165) is 28.2 Å². The highest BCUT2D eigenvalue weighted by Gasteiger charge is 2.60. The number of hydrogen-bond donors (Lipinski definition) is 1. The second-order valence-corrected chi connectivity index (χ2v) is 11.8. The molecule has 0 heterocycles. The maximum atomic E-state index is 14.1. The highest BCUT2D eigenvalue weighted by molar-refractivity contribution is 5.91. The normalized spacial score (nSPS) is 25.5. The lowest BCUT2D eigenvalue weighted by molar-refractivity contribution is -0.153. The van der Waals surface area contributed by atoms with Gasteiger partial charge in [-0.05, 0) is 58.9 Å². The number of methoxy groups -OCH3 is 2. The van der Waals surface area contributed by atoms with E-state index in [1.807, 2.05) is 96.1 Å². The van der Waals surface area contributed by atoms with E-state index in [0.29, 0.717) is 6.42 Å². The largest absolute Gasteiger partial charge is 0.497 e. The van der Waals surface area contributed by atoms with Gasteiger partial charge in [-0.15, -0.1) is 0 Å². The molecule has 3 rings (SSSR count). The Kier molecular flexibility index (Phi) is 6.80. The Balaban J connectivity index is 2.31. The van der Waals surface area contributed by atoms with Crippen LogP contribution in [0.3, 0.4) is 0 Å². The molecule has 34 heavy (non-hydrogen) atoms. The van der Waals surface area contributed by atoms with E-state index in [1.165, 1.54) is 0 Å². The molecule has 1 aliphatic rings. The Labute approximate surface area is 205 Å². The van der Waals surface area contributed by atoms with Crippen molar-refractivity contribution in [3.63, 3.8) is 0 Å². The van der Waals surface area contributed by atoms with Gasteiger partial charge in [0.15, 0.2) is 0 Å². The summed E-state index contributed by atoms with van der Waals surface area (Å²) in [4.78, 5) is 14.1. The number of allylic oxidation sites excluding steroid dienone is 1. The molecule has 2 aromatic carbocycles. The van der Waals surface area contributed by atoms with Gasteiger partial charge in [-0.25, -0.2) is 0 Å². The average Bonchev–Trinajstić information content (AvgIpc) is 2.77. The minimum Gasteiger partial charge on any atom is -0.497 e. The standard InChI is InChI=1S/C30H40O4/c1-27(2,3)26(31)25-29(7,22-12-16-24(34-9)17-13-22)18-21(19-30(25,32)28(4,5)6)20-10-14-23(33-8)15-11-20/h10-17,19,25,32H,18H2,1-9H3. The fourth-order valence-electron chi connectivity index (χ4n) is 5.19. The summed E-state index contributed by atoms with van der Waals surface area (Å²) >= 11 is 0. The molecule has 1 aliphatic carbocycles. The van der Waals surface area contributed by atoms with Crippen molar-refractivity contribution in [3.8, 4) is 11.5 Å². The van der Waals surface area contributed by atoms with E-state index in [-0.39, 0.29) is 5.78 Å². The van der Waals surface area contributed by atoms with E-state index in [4.69, 9.17) is 9.47 Å². The van der Waals surface area contributed by atoms with Gasteiger partial charge in [0.1, 0.15) is 17.3 Å². The summed E-state index contributed by atoms with van der Waals surface area (Å²) in [6, 6.07) is 15.8. The van der Waals surface area contributed by atoms with Gasteiger partial charge in [-0.1, -0.05) is 72.7 Å². The maximum Gasteiger partial charge on any atom is 0.145 e. The van der Waals surface area contributed by atoms with Gasteiger partial charge in [-0.3, -0.25) is 4.79 Å². The number of ether oxygens (including phenoxy) is 2. The minimum absolute atomic E-state index is 0.0632. The Bertz CT molecular complexity index is 1050. The van der Waals surface area contributed by atoms with Crippen molar-refractivity contribution in [2.45, 2.75) is 65.9 Å². The van der Waals surface area contributed by atoms with Crippen molar-refractivity contribution in [1.29, 1.82) is 0 Å². The molecule has 0 aromatic heterocycles. The van der Waals surface area contributed by atoms with Crippen LogP contribution in [-0.4, -0.2) is 30.7 Å². The van der Waals surface area contributed by atoms with E-state index in [9.17, 15) is 9.90 Å². The highest BCUT2D eigenvalue weighted by Crippen LogP contribution is 2.57. The van der Waals surface area contributed by atoms with Crippen LogP contribution in [0.25, 0.3) is 5.57 Å². The third-order valence-electron chi connectivity index (χ3n) is 7.44. The number of rotatable bonds is 5. The van der Waals surface area contributed by atoms with Crippen molar-refractivity contribution in [1.82, 2.24) is 0 Å². The van der Waals surface area contributed by atoms with Crippen LogP contribution in [0.2, 0.25) is 0 Å². The van der Waals surface area contributed by atoms with Crippen molar-refractivity contribution in [2.24, 2.45) is 16.7 Å². The molecule has 4 nitrogen and oxygen atoms in total. The number of Topliss-reactive ketones (excluding diaryl/α,β-unsaturated/α-hetero) is 1. The summed E-state index contributed by atoms with van der Waals surface area (Å²) in [5, 5.41) is 12.5.